The molecule has 0 saturated heterocycles. The predicted octanol–water partition coefficient (Wildman–Crippen LogP) is 1.65. The largest absolute Gasteiger partial charge is 0.480 e. The molecule has 0 aliphatic heterocycles. The second kappa shape index (κ2) is 6.67. The number of amides is 1. The van der Waals surface area contributed by atoms with Crippen LogP contribution in [0.1, 0.15) is 12.2 Å². The maximum Gasteiger partial charge on any atom is 0.327 e. The quantitative estimate of drug-likeness (QED) is 0.640. The van der Waals surface area contributed by atoms with Gasteiger partial charge in [0.05, 0.1) is 0 Å². The van der Waals surface area contributed by atoms with Crippen LogP contribution in [0, 0.1) is 12.3 Å². The molecule has 1 amide bonds. The molecule has 1 rings (SSSR count). The van der Waals surface area contributed by atoms with Gasteiger partial charge in [0.25, 0.3) is 0 Å². The zero-order valence-corrected chi connectivity index (χ0v) is 10.8. The van der Waals surface area contributed by atoms with Crippen LogP contribution in [0.15, 0.2) is 27.3 Å². The second-order valence-corrected chi connectivity index (χ2v) is 4.06. The molecule has 0 radical (unpaired) electrons. The zero-order chi connectivity index (χ0) is 13.5. The molecule has 0 saturated carbocycles. The highest BCUT2D eigenvalue weighted by Gasteiger charge is 2.17. The Hall–Kier alpha value is -2.00. The van der Waals surface area contributed by atoms with Crippen LogP contribution in [-0.4, -0.2) is 23.0 Å². The van der Waals surface area contributed by atoms with Gasteiger partial charge >= 0.3 is 5.97 Å². The number of terminal acetylenes is 1. The molecule has 94 valence electrons. The molecule has 6 heteroatoms. The van der Waals surface area contributed by atoms with Crippen molar-refractivity contribution in [3.63, 3.8) is 0 Å². The molecule has 1 aromatic rings. The van der Waals surface area contributed by atoms with Crippen molar-refractivity contribution in [1.82, 2.24) is 5.32 Å². The lowest BCUT2D eigenvalue weighted by Gasteiger charge is -2.09. The van der Waals surface area contributed by atoms with Crippen LogP contribution in [0.3, 0.4) is 0 Å². The third kappa shape index (κ3) is 4.47. The number of hydrogen-bond acceptors (Lipinski definition) is 3. The minimum Gasteiger partial charge on any atom is -0.480 e. The monoisotopic (exact) mass is 311 g/mol. The van der Waals surface area contributed by atoms with E-state index < -0.39 is 17.9 Å². The van der Waals surface area contributed by atoms with Gasteiger partial charge in [0.15, 0.2) is 4.67 Å². The molecule has 0 aromatic carbocycles. The Labute approximate surface area is 112 Å². The average molecular weight is 312 g/mol. The van der Waals surface area contributed by atoms with Crippen LogP contribution in [0.5, 0.6) is 0 Å². The Balaban J connectivity index is 2.58. The number of hydrogen-bond donors (Lipinski definition) is 2. The summed E-state index contributed by atoms with van der Waals surface area (Å²) in [5.41, 5.74) is 0. The molecule has 0 bridgehead atoms. The molecule has 1 atom stereocenters. The number of rotatable bonds is 5. The Morgan fingerprint density at radius 3 is 2.83 bits per heavy atom. The van der Waals surface area contributed by atoms with Crippen molar-refractivity contribution in [1.29, 1.82) is 0 Å². The number of nitrogens with one attached hydrogen (secondary N) is 1. The fraction of sp³-hybridized carbons (Fsp3) is 0.167. The van der Waals surface area contributed by atoms with Gasteiger partial charge in [-0.3, -0.25) is 4.79 Å². The number of carboxylic acids is 1. The van der Waals surface area contributed by atoms with Crippen molar-refractivity contribution in [3.05, 3.63) is 28.6 Å². The standard InChI is InChI=1S/C12H10BrNO4/c1-2-3-9(12(16)17)14-11(15)7-5-8-4-6-10(13)18-8/h1,4-7,9H,3H2,(H,14,15)(H,16,17)/b7-5+. The molecular weight excluding hydrogens is 302 g/mol. The lowest BCUT2D eigenvalue weighted by atomic mass is 10.2. The van der Waals surface area contributed by atoms with E-state index in [1.165, 1.54) is 12.2 Å². The SMILES string of the molecule is C#CCC(NC(=O)/C=C/c1ccc(Br)o1)C(=O)O. The third-order valence-electron chi connectivity index (χ3n) is 1.93. The maximum atomic E-state index is 11.4. The van der Waals surface area contributed by atoms with E-state index in [0.29, 0.717) is 10.4 Å². The lowest BCUT2D eigenvalue weighted by molar-refractivity contribution is -0.141. The van der Waals surface area contributed by atoms with Crippen molar-refractivity contribution < 1.29 is 19.1 Å². The minimum atomic E-state index is -1.17. The van der Waals surface area contributed by atoms with Gasteiger partial charge in [-0.05, 0) is 34.1 Å². The van der Waals surface area contributed by atoms with E-state index in [-0.39, 0.29) is 6.42 Å². The van der Waals surface area contributed by atoms with Crippen LogP contribution >= 0.6 is 15.9 Å². The highest BCUT2D eigenvalue weighted by Crippen LogP contribution is 2.14. The topological polar surface area (TPSA) is 79.5 Å². The summed E-state index contributed by atoms with van der Waals surface area (Å²) in [5, 5.41) is 11.1. The normalized spacial score (nSPS) is 12.0. The number of carbonyl (C=O) groups is 2. The molecule has 0 aliphatic rings. The first kappa shape index (κ1) is 14.1. The summed E-state index contributed by atoms with van der Waals surface area (Å²) in [6.07, 6.45) is 7.54. The average Bonchev–Trinajstić information content (AvgIpc) is 2.72. The van der Waals surface area contributed by atoms with Crippen molar-refractivity contribution in [2.75, 3.05) is 0 Å². The first-order valence-electron chi connectivity index (χ1n) is 4.93. The minimum absolute atomic E-state index is 0.0682. The van der Waals surface area contributed by atoms with Gasteiger partial charge < -0.3 is 14.8 Å². The van der Waals surface area contributed by atoms with Crippen LogP contribution in [-0.2, 0) is 9.59 Å². The van der Waals surface area contributed by atoms with Crippen molar-refractivity contribution >= 4 is 33.9 Å². The molecule has 1 heterocycles. The number of aliphatic carboxylic acids is 1. The number of halogens is 1. The fourth-order valence-electron chi connectivity index (χ4n) is 1.11. The van der Waals surface area contributed by atoms with Crippen LogP contribution in [0.2, 0.25) is 0 Å². The molecule has 18 heavy (non-hydrogen) atoms. The summed E-state index contributed by atoms with van der Waals surface area (Å²) >= 11 is 3.12. The second-order valence-electron chi connectivity index (χ2n) is 3.28. The highest BCUT2D eigenvalue weighted by molar-refractivity contribution is 9.10. The lowest BCUT2D eigenvalue weighted by Crippen LogP contribution is -2.39. The Bertz CT molecular complexity index is 512. The molecule has 0 spiro atoms. The van der Waals surface area contributed by atoms with Crippen molar-refractivity contribution in [3.8, 4) is 12.3 Å². The zero-order valence-electron chi connectivity index (χ0n) is 9.22. The Morgan fingerprint density at radius 2 is 2.33 bits per heavy atom. The highest BCUT2D eigenvalue weighted by atomic mass is 79.9. The summed E-state index contributed by atoms with van der Waals surface area (Å²) < 4.78 is 5.68. The summed E-state index contributed by atoms with van der Waals surface area (Å²) in [6.45, 7) is 0. The molecule has 5 nitrogen and oxygen atoms in total. The summed E-state index contributed by atoms with van der Waals surface area (Å²) in [5.74, 6) is 0.939. The Kier molecular flexibility index (Phi) is 5.21. The number of furan rings is 1. The van der Waals surface area contributed by atoms with Crippen LogP contribution in [0.4, 0.5) is 0 Å². The van der Waals surface area contributed by atoms with Crippen molar-refractivity contribution in [2.45, 2.75) is 12.5 Å². The van der Waals surface area contributed by atoms with E-state index >= 15 is 0 Å². The van der Waals surface area contributed by atoms with Gasteiger partial charge in [-0.1, -0.05) is 0 Å². The van der Waals surface area contributed by atoms with Gasteiger partial charge in [0.1, 0.15) is 11.8 Å². The van der Waals surface area contributed by atoms with Crippen LogP contribution in [0.25, 0.3) is 6.08 Å². The van der Waals surface area contributed by atoms with E-state index in [4.69, 9.17) is 15.9 Å². The Morgan fingerprint density at radius 1 is 1.61 bits per heavy atom. The van der Waals surface area contributed by atoms with E-state index in [1.54, 1.807) is 12.1 Å². The fourth-order valence-corrected chi connectivity index (χ4v) is 1.43. The van der Waals surface area contributed by atoms with Gasteiger partial charge in [0.2, 0.25) is 5.91 Å². The first-order valence-corrected chi connectivity index (χ1v) is 5.72. The van der Waals surface area contributed by atoms with E-state index in [1.807, 2.05) is 0 Å². The van der Waals surface area contributed by atoms with Gasteiger partial charge in [-0.2, -0.15) is 0 Å². The van der Waals surface area contributed by atoms with E-state index in [0.717, 1.165) is 0 Å². The number of carboxylic acid groups (broad SMARTS) is 1. The van der Waals surface area contributed by atoms with E-state index in [9.17, 15) is 9.59 Å². The van der Waals surface area contributed by atoms with Gasteiger partial charge in [0, 0.05) is 12.5 Å². The van der Waals surface area contributed by atoms with E-state index in [2.05, 4.69) is 27.2 Å². The summed E-state index contributed by atoms with van der Waals surface area (Å²) in [4.78, 5) is 22.2. The summed E-state index contributed by atoms with van der Waals surface area (Å²) in [7, 11) is 0. The molecule has 2 N–H and O–H groups in total. The summed E-state index contributed by atoms with van der Waals surface area (Å²) in [6, 6.07) is 2.25. The molecule has 0 aliphatic carbocycles. The van der Waals surface area contributed by atoms with Gasteiger partial charge in [-0.25, -0.2) is 4.79 Å². The molecule has 0 fully saturated rings. The maximum absolute atomic E-state index is 11.4. The van der Waals surface area contributed by atoms with Crippen LogP contribution < -0.4 is 5.32 Å². The molecule has 1 unspecified atom stereocenters. The third-order valence-corrected chi connectivity index (χ3v) is 2.36. The molecule has 1 aromatic heterocycles. The predicted molar refractivity (Wildman–Crippen MR) is 68.5 cm³/mol. The first-order chi connectivity index (χ1) is 8.52. The van der Waals surface area contributed by atoms with Gasteiger partial charge in [-0.15, -0.1) is 12.3 Å². The van der Waals surface area contributed by atoms with Crippen molar-refractivity contribution in [2.24, 2.45) is 0 Å². The smallest absolute Gasteiger partial charge is 0.327 e. The molecular formula is C12H10BrNO4. The number of carbonyl (C=O) groups excluding carboxylic acids is 1.